The molecular formula is C102H120Br3N3O15. The number of ether oxygens (including phenoxy) is 6. The summed E-state index contributed by atoms with van der Waals surface area (Å²) in [5.74, 6) is -2.36. The van der Waals surface area contributed by atoms with E-state index >= 15 is 0 Å². The lowest BCUT2D eigenvalue weighted by molar-refractivity contribution is -0.139. The predicted octanol–water partition coefficient (Wildman–Crippen LogP) is 22.7. The summed E-state index contributed by atoms with van der Waals surface area (Å²) in [6, 6.07) is 43.6. The number of aliphatic hydroxyl groups excluding tert-OH is 3. The average Bonchev–Trinajstić information content (AvgIpc) is 0.764. The number of carboxylic acid groups (broad SMARTS) is 3. The average molecular weight is 1870 g/mol. The van der Waals surface area contributed by atoms with Crippen molar-refractivity contribution in [3.63, 3.8) is 0 Å². The Morgan fingerprint density at radius 3 is 0.577 bits per heavy atom. The molecule has 6 N–H and O–H groups in total. The molecule has 21 heteroatoms. The highest BCUT2D eigenvalue weighted by molar-refractivity contribution is 9.11. The number of rotatable bonds is 24. The normalized spacial score (nSPS) is 14.2. The summed E-state index contributed by atoms with van der Waals surface area (Å²) in [7, 11) is 4.99. The summed E-state index contributed by atoms with van der Waals surface area (Å²) in [6.45, 7) is 37.3. The van der Waals surface area contributed by atoms with Gasteiger partial charge in [0.05, 0.1) is 21.3 Å². The van der Waals surface area contributed by atoms with Crippen molar-refractivity contribution >= 4 is 83.4 Å². The summed E-state index contributed by atoms with van der Waals surface area (Å²) >= 11 is 10.5. The maximum atomic E-state index is 13.1. The molecule has 0 aromatic heterocycles. The number of carboxylic acids is 3. The zero-order valence-electron chi connectivity index (χ0n) is 74.9. The Balaban J connectivity index is 1.32. The van der Waals surface area contributed by atoms with Crippen LogP contribution in [0.4, 0.5) is 0 Å². The molecule has 654 valence electrons. The van der Waals surface area contributed by atoms with Crippen molar-refractivity contribution in [3.8, 4) is 34.5 Å². The summed E-state index contributed by atoms with van der Waals surface area (Å²) < 4.78 is 44.3. The SMILES string of the molecule is COc1c2cc(C(C)(C)C)cc1Cc1cc(C(C)(C)C)cc(c1OCC(O)=N[C@@H](Cc1ccc(Br)cc1)C(=O)O)Cc1cc(C(C)(C)C)cc(c1OC)Cc1cc(C(C)(C)C)cc(c1OCC(O)=N[C@@H](Cc1ccc(Br)cc1)C(=O)O)Cc1cc(C(C)(C)C)cc(c1OC)Cc1cc(C(C)(C)C)cc(c1OCC(O)=N[C@@H](Cc1ccc(Br)cc1)C(=O)O)C2. The van der Waals surface area contributed by atoms with E-state index in [1.807, 2.05) is 72.8 Å². The number of hydrogen-bond donors (Lipinski definition) is 6. The zero-order valence-corrected chi connectivity index (χ0v) is 79.7. The first-order valence-electron chi connectivity index (χ1n) is 41.6. The van der Waals surface area contributed by atoms with Crippen molar-refractivity contribution in [2.24, 2.45) is 15.0 Å². The van der Waals surface area contributed by atoms with E-state index in [9.17, 15) is 45.0 Å². The number of nitrogens with zero attached hydrogens (tertiary/aromatic N) is 3. The first-order chi connectivity index (χ1) is 57.5. The number of methoxy groups -OCH3 is 3. The monoisotopic (exact) mass is 1860 g/mol. The number of aliphatic carboxylic acids is 3. The van der Waals surface area contributed by atoms with E-state index in [1.165, 1.54) is 0 Å². The van der Waals surface area contributed by atoms with Crippen molar-refractivity contribution in [3.05, 3.63) is 276 Å². The van der Waals surface area contributed by atoms with Crippen LogP contribution in [0.1, 0.15) is 241 Å². The molecule has 0 heterocycles. The molecule has 3 atom stereocenters. The topological polar surface area (TPSA) is 265 Å². The highest BCUT2D eigenvalue weighted by Gasteiger charge is 2.34. The quantitative estimate of drug-likeness (QED) is 0.0243. The van der Waals surface area contributed by atoms with Gasteiger partial charge < -0.3 is 59.1 Å². The lowest BCUT2D eigenvalue weighted by Crippen LogP contribution is -2.25. The van der Waals surface area contributed by atoms with Gasteiger partial charge in [-0.05, 0) is 186 Å². The first kappa shape index (κ1) is 95.3. The summed E-state index contributed by atoms with van der Waals surface area (Å²) in [5.41, 5.74) is 14.1. The Morgan fingerprint density at radius 2 is 0.439 bits per heavy atom. The van der Waals surface area contributed by atoms with Crippen LogP contribution in [0.25, 0.3) is 0 Å². The fourth-order valence-corrected chi connectivity index (χ4v) is 16.2. The minimum Gasteiger partial charge on any atom is -0.496 e. The van der Waals surface area contributed by atoms with Crippen LogP contribution in [0.2, 0.25) is 0 Å². The van der Waals surface area contributed by atoms with Gasteiger partial charge in [-0.25, -0.2) is 29.4 Å². The van der Waals surface area contributed by atoms with E-state index in [1.54, 1.807) is 21.3 Å². The lowest BCUT2D eigenvalue weighted by atomic mass is 9.79. The van der Waals surface area contributed by atoms with Crippen LogP contribution in [-0.2, 0) is 105 Å². The Morgan fingerprint density at radius 1 is 0.285 bits per heavy atom. The molecular weight excluding hydrogens is 1750 g/mol. The highest BCUT2D eigenvalue weighted by Crippen LogP contribution is 2.47. The number of halogens is 3. The number of aliphatic imine (C=N–C) groups is 3. The smallest absolute Gasteiger partial charge is 0.328 e. The molecule has 0 saturated carbocycles. The van der Waals surface area contributed by atoms with Crippen molar-refractivity contribution in [1.82, 2.24) is 0 Å². The molecule has 9 aromatic rings. The third-order valence-electron chi connectivity index (χ3n) is 22.4. The molecule has 0 aliphatic heterocycles. The molecule has 123 heavy (non-hydrogen) atoms. The third-order valence-corrected chi connectivity index (χ3v) is 24.0. The second-order valence-corrected chi connectivity index (χ2v) is 41.2. The van der Waals surface area contributed by atoms with Gasteiger partial charge in [0.1, 0.15) is 34.5 Å². The molecule has 18 nitrogen and oxygen atoms in total. The van der Waals surface area contributed by atoms with Crippen LogP contribution in [-0.4, -0.2) is 126 Å². The molecule has 0 amide bonds. The Bertz CT molecular complexity index is 4780. The van der Waals surface area contributed by atoms with Gasteiger partial charge in [-0.2, -0.15) is 0 Å². The van der Waals surface area contributed by atoms with E-state index < -0.39 is 106 Å². The van der Waals surface area contributed by atoms with E-state index in [2.05, 4.69) is 260 Å². The molecule has 12 bridgehead atoms. The Hall–Kier alpha value is -9.96. The summed E-state index contributed by atoms with van der Waals surface area (Å²) in [5, 5.41) is 68.5. The van der Waals surface area contributed by atoms with Gasteiger partial charge in [-0.1, -0.05) is 282 Å². The molecule has 0 radical (unpaired) electrons. The van der Waals surface area contributed by atoms with Gasteiger partial charge in [0.2, 0.25) is 17.7 Å². The molecule has 0 unspecified atom stereocenters. The van der Waals surface area contributed by atoms with Gasteiger partial charge in [-0.3, -0.25) is 0 Å². The number of fused-ring (bicyclic) bond motifs is 12. The van der Waals surface area contributed by atoms with E-state index in [0.29, 0.717) is 51.2 Å². The molecule has 9 aromatic carbocycles. The second-order valence-electron chi connectivity index (χ2n) is 38.5. The molecule has 10 rings (SSSR count). The van der Waals surface area contributed by atoms with Crippen molar-refractivity contribution < 1.29 is 73.4 Å². The van der Waals surface area contributed by atoms with Gasteiger partial charge in [0, 0.05) is 71.2 Å². The Labute approximate surface area is 751 Å². The molecule has 1 aliphatic carbocycles. The fourth-order valence-electron chi connectivity index (χ4n) is 15.4. The van der Waals surface area contributed by atoms with Crippen LogP contribution >= 0.6 is 47.8 Å². The largest absolute Gasteiger partial charge is 0.496 e. The number of benzene rings is 9. The predicted molar refractivity (Wildman–Crippen MR) is 502 cm³/mol. The number of aliphatic hydroxyl groups is 3. The number of carbonyl (C=O) groups is 3. The maximum absolute atomic E-state index is 13.1. The Kier molecular flexibility index (Phi) is 30.3. The van der Waals surface area contributed by atoms with Crippen LogP contribution in [0.3, 0.4) is 0 Å². The lowest BCUT2D eigenvalue weighted by Gasteiger charge is -2.29. The van der Waals surface area contributed by atoms with Crippen LogP contribution in [0.5, 0.6) is 34.5 Å². The van der Waals surface area contributed by atoms with Crippen molar-refractivity contribution in [2.45, 2.75) is 233 Å². The first-order valence-corrected chi connectivity index (χ1v) is 44.0. The van der Waals surface area contributed by atoms with Crippen molar-refractivity contribution in [1.29, 1.82) is 0 Å². The van der Waals surface area contributed by atoms with E-state index in [4.69, 9.17) is 28.4 Å². The van der Waals surface area contributed by atoms with E-state index in [0.717, 1.165) is 114 Å². The van der Waals surface area contributed by atoms with E-state index in [-0.39, 0.29) is 57.8 Å². The van der Waals surface area contributed by atoms with Gasteiger partial charge in [0.15, 0.2) is 37.9 Å². The summed E-state index contributed by atoms with van der Waals surface area (Å²) in [4.78, 5) is 52.7. The van der Waals surface area contributed by atoms with Crippen LogP contribution in [0.15, 0.2) is 174 Å². The summed E-state index contributed by atoms with van der Waals surface area (Å²) in [6.07, 6.45) is 1.17. The fraction of sp³-hybridized carbons (Fsp3) is 0.412. The number of hydrogen-bond acceptors (Lipinski definition) is 12. The zero-order chi connectivity index (χ0) is 90.3. The van der Waals surface area contributed by atoms with Crippen LogP contribution in [0, 0.1) is 0 Å². The van der Waals surface area contributed by atoms with Crippen molar-refractivity contribution in [2.75, 3.05) is 41.2 Å². The molecule has 0 spiro atoms. The molecule has 0 saturated heterocycles. The molecule has 1 aliphatic rings. The van der Waals surface area contributed by atoms with Crippen LogP contribution < -0.4 is 28.4 Å². The highest BCUT2D eigenvalue weighted by atomic mass is 79.9. The third kappa shape index (κ3) is 25.0. The standard InChI is InChI=1S/C102H120Br3N3O15/c1-97(2,3)73-43-61-37-67-49-76(100(10,11)12)51-69(91(67)121-55-85(109)106-82(94(112)113)34-58-22-28-79(103)29-23-58)39-63-45-74(98(4,5)6)47-65(89(63)119-20)41-71-53-78(102(16,17)18)54-72(93(71)123-57-87(111)108-84(96(116)117)36-60-26-32-81(105)33-27-60)42-66-48-75(99(7,8)9)46-64(90(66)120-21)40-70-52-77(101(13,14)15)50-68(38-62(44-73)88(61)118-19)92(70)122-56-86(110)107-83(95(114)115)35-59-24-30-80(104)31-25-59/h22-33,43-54,82-84H,34-42,55-57H2,1-21H3,(H,106,109)(H,107,110)(H,108,111)(H,112,113)(H,114,115)(H,116,117)/t82-,83-,84-/m0/s1. The van der Waals surface area contributed by atoms with Gasteiger partial charge in [0.25, 0.3) is 0 Å². The molecule has 0 fully saturated rings. The second kappa shape index (κ2) is 39.1. The maximum Gasteiger partial charge on any atom is 0.328 e. The minimum absolute atomic E-state index is 0.0109. The minimum atomic E-state index is -1.37. The van der Waals surface area contributed by atoms with Gasteiger partial charge >= 0.3 is 17.9 Å². The van der Waals surface area contributed by atoms with Gasteiger partial charge in [-0.15, -0.1) is 0 Å².